The Kier molecular flexibility index (Phi) is 3.41. The van der Waals surface area contributed by atoms with E-state index in [2.05, 4.69) is 42.5 Å². The van der Waals surface area contributed by atoms with Crippen LogP contribution in [0.5, 0.6) is 0 Å². The van der Waals surface area contributed by atoms with Gasteiger partial charge in [0.25, 0.3) is 5.91 Å². The van der Waals surface area contributed by atoms with Crippen LogP contribution in [0.4, 0.5) is 0 Å². The van der Waals surface area contributed by atoms with Crippen LogP contribution in [0, 0.1) is 13.8 Å². The lowest BCUT2D eigenvalue weighted by Crippen LogP contribution is -2.25. The van der Waals surface area contributed by atoms with Crippen LogP contribution in [0.3, 0.4) is 0 Å². The van der Waals surface area contributed by atoms with Crippen molar-refractivity contribution in [2.24, 2.45) is 7.05 Å². The average Bonchev–Trinajstić information content (AvgIpc) is 3.31. The van der Waals surface area contributed by atoms with Gasteiger partial charge in [0.1, 0.15) is 0 Å². The molecule has 24 heavy (non-hydrogen) atoms. The molecule has 4 rings (SSSR count). The first-order valence-corrected chi connectivity index (χ1v) is 8.37. The van der Waals surface area contributed by atoms with Gasteiger partial charge < -0.3 is 5.32 Å². The number of fused-ring (bicyclic) bond motifs is 1. The zero-order valence-electron chi connectivity index (χ0n) is 14.3. The normalized spacial score (nSPS) is 14.1. The molecule has 1 N–H and O–H groups in total. The first-order valence-electron chi connectivity index (χ1n) is 8.37. The van der Waals surface area contributed by atoms with Gasteiger partial charge in [-0.15, -0.1) is 0 Å². The zero-order valence-corrected chi connectivity index (χ0v) is 14.3. The lowest BCUT2D eigenvalue weighted by molar-refractivity contribution is 0.0951. The van der Waals surface area contributed by atoms with Gasteiger partial charge in [0.2, 0.25) is 0 Å². The van der Waals surface area contributed by atoms with Crippen LogP contribution in [0.1, 0.15) is 34.3 Å². The number of hydrogen-bond acceptors (Lipinski definition) is 2. The number of nitrogens with one attached hydrogen (secondary N) is 1. The summed E-state index contributed by atoms with van der Waals surface area (Å²) in [5.41, 5.74) is 6.43. The van der Waals surface area contributed by atoms with Crippen molar-refractivity contribution in [3.63, 3.8) is 0 Å². The second kappa shape index (κ2) is 5.48. The Hall–Kier alpha value is -2.62. The zero-order chi connectivity index (χ0) is 16.8. The molecule has 1 heterocycles. The minimum Gasteiger partial charge on any atom is -0.349 e. The maximum Gasteiger partial charge on any atom is 0.251 e. The van der Waals surface area contributed by atoms with Gasteiger partial charge in [-0.2, -0.15) is 5.10 Å². The molecule has 122 valence electrons. The van der Waals surface area contributed by atoms with Crippen molar-refractivity contribution in [2.45, 2.75) is 32.7 Å². The van der Waals surface area contributed by atoms with Crippen molar-refractivity contribution in [2.75, 3.05) is 0 Å². The van der Waals surface area contributed by atoms with Crippen LogP contribution in [0.2, 0.25) is 0 Å². The fraction of sp³-hybridized carbons (Fsp3) is 0.300. The minimum absolute atomic E-state index is 0.0318. The molecule has 0 bridgehead atoms. The molecule has 0 saturated heterocycles. The van der Waals surface area contributed by atoms with Gasteiger partial charge in [0.15, 0.2) is 0 Å². The number of aromatic nitrogens is 2. The Bertz CT molecular complexity index is 951. The van der Waals surface area contributed by atoms with Gasteiger partial charge in [-0.25, -0.2) is 0 Å². The molecule has 1 aliphatic rings. The monoisotopic (exact) mass is 319 g/mol. The third-order valence-corrected chi connectivity index (χ3v) is 4.90. The summed E-state index contributed by atoms with van der Waals surface area (Å²) in [6.07, 6.45) is 4.08. The Morgan fingerprint density at radius 2 is 2.00 bits per heavy atom. The van der Waals surface area contributed by atoms with Gasteiger partial charge in [0, 0.05) is 24.0 Å². The highest BCUT2D eigenvalue weighted by atomic mass is 16.1. The fourth-order valence-corrected chi connectivity index (χ4v) is 3.12. The number of carbonyl (C=O) groups excluding carboxylic acids is 1. The van der Waals surface area contributed by atoms with Crippen LogP contribution < -0.4 is 5.32 Å². The van der Waals surface area contributed by atoms with E-state index in [-0.39, 0.29) is 5.91 Å². The van der Waals surface area contributed by atoms with Crippen molar-refractivity contribution in [3.05, 3.63) is 53.2 Å². The van der Waals surface area contributed by atoms with E-state index in [0.29, 0.717) is 6.04 Å². The Labute approximate surface area is 141 Å². The molecule has 0 radical (unpaired) electrons. The molecule has 1 saturated carbocycles. The van der Waals surface area contributed by atoms with Gasteiger partial charge in [0.05, 0.1) is 11.7 Å². The maximum absolute atomic E-state index is 12.4. The van der Waals surface area contributed by atoms with Gasteiger partial charge in [-0.05, 0) is 73.2 Å². The van der Waals surface area contributed by atoms with Crippen LogP contribution in [-0.4, -0.2) is 21.7 Å². The van der Waals surface area contributed by atoms with Crippen molar-refractivity contribution in [1.82, 2.24) is 15.1 Å². The summed E-state index contributed by atoms with van der Waals surface area (Å²) in [7, 11) is 1.94. The summed E-state index contributed by atoms with van der Waals surface area (Å²) in [4.78, 5) is 12.4. The predicted octanol–water partition coefficient (Wildman–Crippen LogP) is 3.75. The second-order valence-corrected chi connectivity index (χ2v) is 6.76. The van der Waals surface area contributed by atoms with Gasteiger partial charge in [-0.1, -0.05) is 6.07 Å². The largest absolute Gasteiger partial charge is 0.349 e. The van der Waals surface area contributed by atoms with E-state index >= 15 is 0 Å². The van der Waals surface area contributed by atoms with Crippen LogP contribution >= 0.6 is 0 Å². The molecule has 0 unspecified atom stereocenters. The number of aryl methyl sites for hydroxylation is 2. The molecule has 0 aliphatic heterocycles. The molecule has 1 amide bonds. The SMILES string of the molecule is Cc1cc(C(=O)NC2CC2)cc(-c2ccc3c(cnn3C)c2)c1C. The van der Waals surface area contributed by atoms with Gasteiger partial charge in [-0.3, -0.25) is 9.48 Å². The molecule has 4 heteroatoms. The molecule has 0 atom stereocenters. The highest BCUT2D eigenvalue weighted by Gasteiger charge is 2.24. The molecule has 1 aromatic heterocycles. The smallest absolute Gasteiger partial charge is 0.251 e. The molecule has 0 spiro atoms. The van der Waals surface area contributed by atoms with Gasteiger partial charge >= 0.3 is 0 Å². The summed E-state index contributed by atoms with van der Waals surface area (Å²) in [6.45, 7) is 4.18. The first kappa shape index (κ1) is 14.9. The van der Waals surface area contributed by atoms with E-state index in [4.69, 9.17) is 0 Å². The minimum atomic E-state index is 0.0318. The molecular formula is C20H21N3O. The van der Waals surface area contributed by atoms with Crippen LogP contribution in [0.15, 0.2) is 36.5 Å². The second-order valence-electron chi connectivity index (χ2n) is 6.76. The predicted molar refractivity (Wildman–Crippen MR) is 96.1 cm³/mol. The van der Waals surface area contributed by atoms with E-state index in [1.54, 1.807) is 0 Å². The Morgan fingerprint density at radius 1 is 1.21 bits per heavy atom. The summed E-state index contributed by atoms with van der Waals surface area (Å²) < 4.78 is 1.87. The number of hydrogen-bond donors (Lipinski definition) is 1. The van der Waals surface area contributed by atoms with Crippen LogP contribution in [-0.2, 0) is 7.05 Å². The third kappa shape index (κ3) is 2.58. The molecule has 1 fully saturated rings. The summed E-state index contributed by atoms with van der Waals surface area (Å²) in [5, 5.41) is 8.50. The number of carbonyl (C=O) groups is 1. The molecule has 3 aromatic rings. The van der Waals surface area contributed by atoms with Crippen LogP contribution in [0.25, 0.3) is 22.0 Å². The van der Waals surface area contributed by atoms with E-state index in [1.807, 2.05) is 30.1 Å². The summed E-state index contributed by atoms with van der Waals surface area (Å²) >= 11 is 0. The highest BCUT2D eigenvalue weighted by molar-refractivity contribution is 5.97. The summed E-state index contributed by atoms with van der Waals surface area (Å²) in [6, 6.07) is 10.7. The standard InChI is InChI=1S/C20H21N3O/c1-12-8-15(20(24)22-17-5-6-17)10-18(13(12)2)14-4-7-19-16(9-14)11-21-23(19)3/h4,7-11,17H,5-6H2,1-3H3,(H,22,24). The molecular weight excluding hydrogens is 298 g/mol. The number of benzene rings is 2. The number of nitrogens with zero attached hydrogens (tertiary/aromatic N) is 2. The van der Waals surface area contributed by atoms with Crippen molar-refractivity contribution in [1.29, 1.82) is 0 Å². The van der Waals surface area contributed by atoms with E-state index < -0.39 is 0 Å². The lowest BCUT2D eigenvalue weighted by Gasteiger charge is -2.13. The topological polar surface area (TPSA) is 46.9 Å². The van der Waals surface area contributed by atoms with Crippen molar-refractivity contribution < 1.29 is 4.79 Å². The number of amides is 1. The van der Waals surface area contributed by atoms with E-state index in [9.17, 15) is 4.79 Å². The average molecular weight is 319 g/mol. The van der Waals surface area contributed by atoms with Crippen molar-refractivity contribution in [3.8, 4) is 11.1 Å². The molecule has 4 nitrogen and oxygen atoms in total. The van der Waals surface area contributed by atoms with E-state index in [1.165, 1.54) is 5.56 Å². The maximum atomic E-state index is 12.4. The molecule has 1 aliphatic carbocycles. The molecule has 2 aromatic carbocycles. The lowest BCUT2D eigenvalue weighted by atomic mass is 9.93. The number of rotatable bonds is 3. The Balaban J connectivity index is 1.79. The van der Waals surface area contributed by atoms with Crippen molar-refractivity contribution >= 4 is 16.8 Å². The van der Waals surface area contributed by atoms with E-state index in [0.717, 1.165) is 46.0 Å². The first-order chi connectivity index (χ1) is 11.5. The fourth-order valence-electron chi connectivity index (χ4n) is 3.12. The third-order valence-electron chi connectivity index (χ3n) is 4.90. The quantitative estimate of drug-likeness (QED) is 0.799. The summed E-state index contributed by atoms with van der Waals surface area (Å²) in [5.74, 6) is 0.0318. The highest BCUT2D eigenvalue weighted by Crippen LogP contribution is 2.30. The Morgan fingerprint density at radius 3 is 2.75 bits per heavy atom.